The highest BCUT2D eigenvalue weighted by atomic mass is 35.5. The van der Waals surface area contributed by atoms with Crippen molar-refractivity contribution in [2.45, 2.75) is 6.54 Å². The van der Waals surface area contributed by atoms with Crippen LogP contribution in [0.4, 0.5) is 11.8 Å². The van der Waals surface area contributed by atoms with E-state index in [1.54, 1.807) is 6.07 Å². The van der Waals surface area contributed by atoms with Gasteiger partial charge in [0, 0.05) is 24.7 Å². The summed E-state index contributed by atoms with van der Waals surface area (Å²) in [4.78, 5) is 9.88. The molecule has 0 spiro atoms. The molecule has 4 nitrogen and oxygen atoms in total. The van der Waals surface area contributed by atoms with Gasteiger partial charge in [-0.15, -0.1) is 0 Å². The summed E-state index contributed by atoms with van der Waals surface area (Å²) in [6.07, 6.45) is 0. The Morgan fingerprint density at radius 1 is 1.22 bits per heavy atom. The molecule has 94 valence electrons. The molecule has 0 amide bonds. The first-order valence-electron chi connectivity index (χ1n) is 5.30. The van der Waals surface area contributed by atoms with E-state index in [1.165, 1.54) is 0 Å². The Morgan fingerprint density at radius 3 is 2.67 bits per heavy atom. The molecule has 0 radical (unpaired) electrons. The molecular formula is C12H12Cl2N4. The third-order valence-electron chi connectivity index (χ3n) is 2.40. The van der Waals surface area contributed by atoms with E-state index in [9.17, 15) is 0 Å². The van der Waals surface area contributed by atoms with E-state index in [-0.39, 0.29) is 5.95 Å². The molecule has 0 saturated heterocycles. The zero-order valence-electron chi connectivity index (χ0n) is 9.77. The first-order valence-corrected chi connectivity index (χ1v) is 6.06. The van der Waals surface area contributed by atoms with Crippen molar-refractivity contribution < 1.29 is 0 Å². The lowest BCUT2D eigenvalue weighted by atomic mass is 10.2. The fourth-order valence-corrected chi connectivity index (χ4v) is 2.01. The zero-order chi connectivity index (χ0) is 13.1. The molecule has 0 bridgehead atoms. The van der Waals surface area contributed by atoms with Crippen molar-refractivity contribution in [2.75, 3.05) is 17.7 Å². The van der Waals surface area contributed by atoms with Crippen molar-refractivity contribution in [2.24, 2.45) is 0 Å². The number of benzene rings is 1. The Morgan fingerprint density at radius 2 is 2.00 bits per heavy atom. The van der Waals surface area contributed by atoms with Crippen LogP contribution in [-0.4, -0.2) is 17.0 Å². The average molecular weight is 283 g/mol. The fraction of sp³-hybridized carbons (Fsp3) is 0.167. The van der Waals surface area contributed by atoms with Crippen molar-refractivity contribution in [3.63, 3.8) is 0 Å². The molecule has 18 heavy (non-hydrogen) atoms. The summed E-state index contributed by atoms with van der Waals surface area (Å²) in [5, 5.41) is 1.04. The summed E-state index contributed by atoms with van der Waals surface area (Å²) in [5.74, 6) is 0.836. The molecule has 0 atom stereocenters. The molecule has 0 aliphatic rings. The normalized spacial score (nSPS) is 10.4. The Hall–Kier alpha value is -1.52. The third kappa shape index (κ3) is 3.24. The predicted octanol–water partition coefficient (Wildman–Crippen LogP) is 3.00. The second kappa shape index (κ2) is 5.42. The minimum atomic E-state index is 0.162. The number of rotatable bonds is 3. The molecule has 1 aromatic heterocycles. The van der Waals surface area contributed by atoms with Crippen molar-refractivity contribution in [3.05, 3.63) is 46.1 Å². The van der Waals surface area contributed by atoms with Crippen molar-refractivity contribution >= 4 is 35.0 Å². The maximum Gasteiger partial charge on any atom is 0.223 e. The molecular weight excluding hydrogens is 271 g/mol. The van der Waals surface area contributed by atoms with Gasteiger partial charge >= 0.3 is 0 Å². The first-order chi connectivity index (χ1) is 8.54. The maximum atomic E-state index is 5.94. The van der Waals surface area contributed by atoms with E-state index in [0.29, 0.717) is 22.5 Å². The van der Waals surface area contributed by atoms with Crippen LogP contribution < -0.4 is 10.6 Å². The summed E-state index contributed by atoms with van der Waals surface area (Å²) in [7, 11) is 1.90. The Kier molecular flexibility index (Phi) is 3.89. The summed E-state index contributed by atoms with van der Waals surface area (Å²) in [5.41, 5.74) is 6.64. The van der Waals surface area contributed by atoms with Crippen molar-refractivity contribution in [1.29, 1.82) is 0 Å². The number of aromatic nitrogens is 2. The number of halogens is 2. The highest BCUT2D eigenvalue weighted by Crippen LogP contribution is 2.19. The number of anilines is 2. The number of hydrogen-bond donors (Lipinski definition) is 1. The molecule has 0 saturated carbocycles. The lowest BCUT2D eigenvalue weighted by Gasteiger charge is -2.18. The van der Waals surface area contributed by atoms with Crippen LogP contribution in [0.25, 0.3) is 0 Å². The van der Waals surface area contributed by atoms with Crippen molar-refractivity contribution in [1.82, 2.24) is 9.97 Å². The van der Waals surface area contributed by atoms with Crippen LogP contribution in [0.3, 0.4) is 0 Å². The van der Waals surface area contributed by atoms with E-state index < -0.39 is 0 Å². The molecule has 0 unspecified atom stereocenters. The standard InChI is InChI=1S/C12H12Cl2N4/c1-18(7-8-3-2-4-9(13)5-8)11-6-10(14)16-12(15)17-11/h2-6H,7H2,1H3,(H2,15,16,17). The van der Waals surface area contributed by atoms with Crippen LogP contribution in [0, 0.1) is 0 Å². The summed E-state index contributed by atoms with van der Waals surface area (Å²) in [6, 6.07) is 9.32. The molecule has 1 aromatic carbocycles. The van der Waals surface area contributed by atoms with Gasteiger partial charge in [-0.2, -0.15) is 4.98 Å². The fourth-order valence-electron chi connectivity index (χ4n) is 1.61. The Labute approximate surface area is 115 Å². The van der Waals surface area contributed by atoms with Crippen LogP contribution in [0.5, 0.6) is 0 Å². The number of hydrogen-bond acceptors (Lipinski definition) is 4. The van der Waals surface area contributed by atoms with Gasteiger partial charge in [0.05, 0.1) is 0 Å². The van der Waals surface area contributed by atoms with Gasteiger partial charge in [-0.25, -0.2) is 4.98 Å². The van der Waals surface area contributed by atoms with Gasteiger partial charge in [0.15, 0.2) is 0 Å². The molecule has 2 aromatic rings. The van der Waals surface area contributed by atoms with Crippen LogP contribution in [-0.2, 0) is 6.54 Å². The van der Waals surface area contributed by atoms with Gasteiger partial charge in [0.2, 0.25) is 5.95 Å². The number of nitrogens with zero attached hydrogens (tertiary/aromatic N) is 3. The molecule has 0 aliphatic carbocycles. The van der Waals surface area contributed by atoms with Crippen LogP contribution >= 0.6 is 23.2 Å². The lowest BCUT2D eigenvalue weighted by molar-refractivity contribution is 0.894. The van der Waals surface area contributed by atoms with Crippen molar-refractivity contribution in [3.8, 4) is 0 Å². The SMILES string of the molecule is CN(Cc1cccc(Cl)c1)c1cc(Cl)nc(N)n1. The second-order valence-corrected chi connectivity index (χ2v) is 4.72. The van der Waals surface area contributed by atoms with E-state index >= 15 is 0 Å². The highest BCUT2D eigenvalue weighted by molar-refractivity contribution is 6.30. The predicted molar refractivity (Wildman–Crippen MR) is 75.0 cm³/mol. The smallest absolute Gasteiger partial charge is 0.223 e. The number of nitrogen functional groups attached to an aromatic ring is 1. The van der Waals surface area contributed by atoms with Crippen LogP contribution in [0.15, 0.2) is 30.3 Å². The van der Waals surface area contributed by atoms with Gasteiger partial charge < -0.3 is 10.6 Å². The summed E-state index contributed by atoms with van der Waals surface area (Å²) < 4.78 is 0. The first kappa shape index (κ1) is 12.9. The Bertz CT molecular complexity index is 539. The lowest BCUT2D eigenvalue weighted by Crippen LogP contribution is -2.18. The van der Waals surface area contributed by atoms with Gasteiger partial charge in [0.25, 0.3) is 0 Å². The van der Waals surface area contributed by atoms with Gasteiger partial charge in [-0.3, -0.25) is 0 Å². The molecule has 2 rings (SSSR count). The van der Waals surface area contributed by atoms with E-state index in [1.807, 2.05) is 36.2 Å². The highest BCUT2D eigenvalue weighted by Gasteiger charge is 2.07. The summed E-state index contributed by atoms with van der Waals surface area (Å²) >= 11 is 11.8. The monoisotopic (exact) mass is 282 g/mol. The zero-order valence-corrected chi connectivity index (χ0v) is 11.3. The maximum absolute atomic E-state index is 5.94. The quantitative estimate of drug-likeness (QED) is 0.880. The largest absolute Gasteiger partial charge is 0.368 e. The van der Waals surface area contributed by atoms with Gasteiger partial charge in [-0.05, 0) is 17.7 Å². The topological polar surface area (TPSA) is 55.0 Å². The van der Waals surface area contributed by atoms with Crippen LogP contribution in [0.1, 0.15) is 5.56 Å². The van der Waals surface area contributed by atoms with E-state index in [2.05, 4.69) is 9.97 Å². The average Bonchev–Trinajstić information content (AvgIpc) is 2.27. The van der Waals surface area contributed by atoms with Gasteiger partial charge in [0.1, 0.15) is 11.0 Å². The Balaban J connectivity index is 2.19. The molecule has 0 fully saturated rings. The van der Waals surface area contributed by atoms with Crippen LogP contribution in [0.2, 0.25) is 10.2 Å². The molecule has 2 N–H and O–H groups in total. The van der Waals surface area contributed by atoms with E-state index in [4.69, 9.17) is 28.9 Å². The van der Waals surface area contributed by atoms with E-state index in [0.717, 1.165) is 5.56 Å². The molecule has 0 aliphatic heterocycles. The number of nitrogens with two attached hydrogens (primary N) is 1. The second-order valence-electron chi connectivity index (χ2n) is 3.89. The molecule has 1 heterocycles. The minimum absolute atomic E-state index is 0.162. The third-order valence-corrected chi connectivity index (χ3v) is 2.83. The molecule has 6 heteroatoms. The summed E-state index contributed by atoms with van der Waals surface area (Å²) in [6.45, 7) is 0.660. The van der Waals surface area contributed by atoms with Gasteiger partial charge in [-0.1, -0.05) is 35.3 Å². The minimum Gasteiger partial charge on any atom is -0.368 e.